The summed E-state index contributed by atoms with van der Waals surface area (Å²) >= 11 is 0. The molecule has 3 N–H and O–H groups in total. The molecule has 9 rings (SSSR count). The summed E-state index contributed by atoms with van der Waals surface area (Å²) in [5.41, 5.74) is 5.26. The molecule has 10 nitrogen and oxygen atoms in total. The van der Waals surface area contributed by atoms with E-state index < -0.39 is 24.0 Å². The summed E-state index contributed by atoms with van der Waals surface area (Å²) in [6, 6.07) is 11.7. The largest absolute Gasteiger partial charge is 0.477 e. The quantitative estimate of drug-likeness (QED) is 0.257. The molecule has 246 valence electrons. The van der Waals surface area contributed by atoms with Crippen LogP contribution >= 0.6 is 0 Å². The van der Waals surface area contributed by atoms with Gasteiger partial charge >= 0.3 is 5.97 Å². The molecule has 2 aromatic carbocycles. The van der Waals surface area contributed by atoms with E-state index in [9.17, 15) is 29.4 Å². The topological polar surface area (TPSA) is 124 Å². The minimum Gasteiger partial charge on any atom is -0.477 e. The predicted molar refractivity (Wildman–Crippen MR) is 174 cm³/mol. The number of ketones is 1. The molecule has 4 saturated heterocycles. The van der Waals surface area contributed by atoms with E-state index in [1.165, 1.54) is 23.3 Å². The molecule has 5 aliphatic heterocycles. The van der Waals surface area contributed by atoms with E-state index in [0.717, 1.165) is 78.7 Å². The minimum atomic E-state index is -1.18. The number of β-lactam (4-membered cyclic amide) rings is 1. The van der Waals surface area contributed by atoms with Gasteiger partial charge in [-0.15, -0.1) is 0 Å². The number of fused-ring (bicyclic) bond motifs is 7. The Kier molecular flexibility index (Phi) is 7.02. The van der Waals surface area contributed by atoms with E-state index in [4.69, 9.17) is 0 Å². The summed E-state index contributed by atoms with van der Waals surface area (Å²) in [7, 11) is 0. The number of piperazine rings is 3. The van der Waals surface area contributed by atoms with E-state index in [-0.39, 0.29) is 29.2 Å². The second-order valence-electron chi connectivity index (χ2n) is 15.2. The highest BCUT2D eigenvalue weighted by atomic mass is 16.4. The number of amides is 2. The molecule has 2 aliphatic carbocycles. The first-order chi connectivity index (χ1) is 22.5. The number of aliphatic hydroxyl groups excluding tert-OH is 1. The molecule has 1 saturated carbocycles. The van der Waals surface area contributed by atoms with Gasteiger partial charge in [-0.25, -0.2) is 4.79 Å². The highest BCUT2D eigenvalue weighted by Gasteiger charge is 2.60. The number of hydrogen-bond acceptors (Lipinski definition) is 5. The van der Waals surface area contributed by atoms with Gasteiger partial charge < -0.3 is 29.4 Å². The molecular weight excluding hydrogens is 596 g/mol. The molecule has 47 heavy (non-hydrogen) atoms. The Morgan fingerprint density at radius 1 is 0.915 bits per heavy atom. The van der Waals surface area contributed by atoms with Gasteiger partial charge in [0.05, 0.1) is 18.1 Å². The highest BCUT2D eigenvalue weighted by molar-refractivity contribution is 6.22. The first-order valence-electron chi connectivity index (χ1n) is 17.3. The number of carboxylic acids is 1. The lowest BCUT2D eigenvalue weighted by molar-refractivity contribution is -1.08. The first-order valence-corrected chi connectivity index (χ1v) is 17.3. The van der Waals surface area contributed by atoms with Crippen molar-refractivity contribution in [3.8, 4) is 11.1 Å². The number of benzene rings is 2. The predicted octanol–water partition coefficient (Wildman–Crippen LogP) is 2.77. The van der Waals surface area contributed by atoms with Crippen LogP contribution in [0.5, 0.6) is 0 Å². The molecule has 5 fully saturated rings. The fraction of sp³-hybridized carbons (Fsp3) is 0.514. The average Bonchev–Trinajstić information content (AvgIpc) is 3.72. The van der Waals surface area contributed by atoms with Gasteiger partial charge in [-0.2, -0.15) is 0 Å². The highest BCUT2D eigenvalue weighted by Crippen LogP contribution is 2.51. The Hall–Kier alpha value is -3.86. The van der Waals surface area contributed by atoms with Crippen molar-refractivity contribution in [3.63, 3.8) is 0 Å². The summed E-state index contributed by atoms with van der Waals surface area (Å²) in [5.74, 6) is -2.36. The smallest absolute Gasteiger partial charge is 0.352 e. The summed E-state index contributed by atoms with van der Waals surface area (Å²) in [6.07, 6.45) is 3.78. The standard InChI is InChI=1S/C37H42N4O6/c1-21-31(34(37(46)47)39-33(21)32(22(2)42)36(39)45)24-8-10-26-28-17-23(7-9-27(28)35(44)29(26)18-24)19-40-11-14-41(15-12-40,16-13-40)20-30(43)38-25-5-3-4-6-25/h7-10,17-18,21-22,25,32-33,42H,3-6,11-16,19-20H2,1-2H3/p+2/t21-,22+,32+,33+,40?,41?/m0/s1. The van der Waals surface area contributed by atoms with Gasteiger partial charge in [0.25, 0.3) is 5.91 Å². The maximum absolute atomic E-state index is 13.7. The van der Waals surface area contributed by atoms with Crippen molar-refractivity contribution in [2.45, 2.75) is 64.3 Å². The van der Waals surface area contributed by atoms with Crippen molar-refractivity contribution in [1.29, 1.82) is 0 Å². The van der Waals surface area contributed by atoms with Crippen molar-refractivity contribution < 1.29 is 38.4 Å². The molecule has 0 radical (unpaired) electrons. The molecule has 0 spiro atoms. The number of nitrogens with zero attached hydrogens (tertiary/aromatic N) is 3. The van der Waals surface area contributed by atoms with Crippen LogP contribution in [0.2, 0.25) is 0 Å². The van der Waals surface area contributed by atoms with Gasteiger partial charge in [0.1, 0.15) is 51.5 Å². The van der Waals surface area contributed by atoms with Crippen LogP contribution in [0.1, 0.15) is 66.6 Å². The molecule has 4 atom stereocenters. The number of carboxylic acid groups (broad SMARTS) is 1. The van der Waals surface area contributed by atoms with Crippen LogP contribution < -0.4 is 5.32 Å². The van der Waals surface area contributed by atoms with Gasteiger partial charge in [0.15, 0.2) is 12.3 Å². The number of rotatable bonds is 8. The van der Waals surface area contributed by atoms with E-state index in [2.05, 4.69) is 17.4 Å². The second kappa shape index (κ2) is 10.8. The van der Waals surface area contributed by atoms with Crippen LogP contribution in [0.25, 0.3) is 16.7 Å². The van der Waals surface area contributed by atoms with E-state index in [1.807, 2.05) is 25.1 Å². The van der Waals surface area contributed by atoms with Crippen LogP contribution in [0.4, 0.5) is 0 Å². The molecule has 5 heterocycles. The van der Waals surface area contributed by atoms with Gasteiger partial charge in [0.2, 0.25) is 5.91 Å². The minimum absolute atomic E-state index is 0.0522. The number of aliphatic hydroxyl groups is 1. The van der Waals surface area contributed by atoms with Crippen LogP contribution in [-0.4, -0.2) is 112 Å². The van der Waals surface area contributed by atoms with Crippen molar-refractivity contribution in [2.24, 2.45) is 11.8 Å². The fourth-order valence-electron chi connectivity index (χ4n) is 9.80. The lowest BCUT2D eigenvalue weighted by atomic mass is 9.76. The van der Waals surface area contributed by atoms with Crippen LogP contribution in [0.3, 0.4) is 0 Å². The number of aliphatic carboxylic acids is 1. The Bertz CT molecular complexity index is 1730. The first kappa shape index (κ1) is 30.5. The molecule has 10 heteroatoms. The molecular formula is C37H44N4O6+2. The second-order valence-corrected chi connectivity index (χ2v) is 15.2. The maximum atomic E-state index is 13.7. The SMILES string of the molecule is C[C@@H](O)[C@H]1C(=O)N2C(C(=O)O)=C(c3ccc4c(c3)C(=O)c3ccc(C[N+]56CC[N+](CC(=O)NC7CCCC7)(CC5)CC6)cc3-4)[C@H](C)[C@H]12. The summed E-state index contributed by atoms with van der Waals surface area (Å²) in [4.78, 5) is 53.1. The van der Waals surface area contributed by atoms with Crippen molar-refractivity contribution >= 4 is 29.1 Å². The van der Waals surface area contributed by atoms with Crippen molar-refractivity contribution in [3.05, 3.63) is 64.3 Å². The van der Waals surface area contributed by atoms with Gasteiger partial charge in [-0.05, 0) is 60.2 Å². The lowest BCUT2D eigenvalue weighted by Crippen LogP contribution is -2.75. The van der Waals surface area contributed by atoms with E-state index >= 15 is 0 Å². The summed E-state index contributed by atoms with van der Waals surface area (Å²) in [6.45, 7) is 11.1. The van der Waals surface area contributed by atoms with Gasteiger partial charge in [-0.3, -0.25) is 14.4 Å². The van der Waals surface area contributed by atoms with Crippen LogP contribution in [0.15, 0.2) is 42.1 Å². The summed E-state index contributed by atoms with van der Waals surface area (Å²) < 4.78 is 1.91. The normalized spacial score (nSPS) is 31.5. The van der Waals surface area contributed by atoms with Crippen LogP contribution in [-0.2, 0) is 20.9 Å². The average molecular weight is 641 g/mol. The monoisotopic (exact) mass is 640 g/mol. The number of nitrogens with one attached hydrogen (secondary N) is 1. The maximum Gasteiger partial charge on any atom is 0.352 e. The number of carbonyl (C=O) groups excluding carboxylic acids is 3. The third-order valence-electron chi connectivity index (χ3n) is 12.4. The molecule has 2 aromatic rings. The Morgan fingerprint density at radius 3 is 2.23 bits per heavy atom. The Balaban J connectivity index is 1.01. The van der Waals surface area contributed by atoms with Crippen molar-refractivity contribution in [1.82, 2.24) is 10.2 Å². The molecule has 0 unspecified atom stereocenters. The van der Waals surface area contributed by atoms with Crippen LogP contribution in [0, 0.1) is 11.8 Å². The zero-order valence-corrected chi connectivity index (χ0v) is 27.2. The molecule has 2 bridgehead atoms. The number of hydrogen-bond donors (Lipinski definition) is 3. The molecule has 0 aromatic heterocycles. The lowest BCUT2D eigenvalue weighted by Gasteiger charge is -2.55. The number of carbonyl (C=O) groups is 4. The summed E-state index contributed by atoms with van der Waals surface area (Å²) in [5, 5.41) is 23.6. The Labute approximate surface area is 274 Å². The van der Waals surface area contributed by atoms with Gasteiger partial charge in [0, 0.05) is 28.7 Å². The third kappa shape index (κ3) is 4.70. The Morgan fingerprint density at radius 2 is 1.57 bits per heavy atom. The van der Waals surface area contributed by atoms with E-state index in [1.54, 1.807) is 13.0 Å². The zero-order valence-electron chi connectivity index (χ0n) is 27.2. The molecule has 2 amide bonds. The third-order valence-corrected chi connectivity index (χ3v) is 12.4. The number of quaternary nitrogens is 2. The molecule has 7 aliphatic rings. The van der Waals surface area contributed by atoms with Gasteiger partial charge in [-0.1, -0.05) is 38.0 Å². The fourth-order valence-corrected chi connectivity index (χ4v) is 9.80. The van der Waals surface area contributed by atoms with Crippen molar-refractivity contribution in [2.75, 3.05) is 45.8 Å². The zero-order chi connectivity index (χ0) is 32.8. The van der Waals surface area contributed by atoms with E-state index in [0.29, 0.717) is 34.9 Å².